The Morgan fingerprint density at radius 1 is 1.18 bits per heavy atom. The molecule has 0 bridgehead atoms. The normalized spacial score (nSPS) is 10.6. The monoisotopic (exact) mass is 231 g/mol. The zero-order chi connectivity index (χ0) is 11.8. The highest BCUT2D eigenvalue weighted by Gasteiger charge is 1.94. The first kappa shape index (κ1) is 11.7. The number of rotatable bonds is 7. The summed E-state index contributed by atoms with van der Waals surface area (Å²) >= 11 is 0. The minimum atomic E-state index is 0.913. The molecule has 0 unspecified atom stereocenters. The van der Waals surface area contributed by atoms with E-state index in [1.807, 2.05) is 29.2 Å². The summed E-state index contributed by atoms with van der Waals surface area (Å²) in [5, 5.41) is 11.1. The van der Waals surface area contributed by atoms with Crippen LogP contribution in [-0.4, -0.2) is 33.1 Å². The van der Waals surface area contributed by atoms with Gasteiger partial charge in [-0.1, -0.05) is 11.3 Å². The summed E-state index contributed by atoms with van der Waals surface area (Å²) in [6.45, 7) is 2.87. The summed E-state index contributed by atoms with van der Waals surface area (Å²) in [5.74, 6) is 0. The van der Waals surface area contributed by atoms with Crippen LogP contribution in [-0.2, 0) is 13.0 Å². The second-order valence-electron chi connectivity index (χ2n) is 3.84. The van der Waals surface area contributed by atoms with E-state index in [-0.39, 0.29) is 0 Å². The Hall–Kier alpha value is -1.75. The third-order valence-electron chi connectivity index (χ3n) is 2.50. The summed E-state index contributed by atoms with van der Waals surface area (Å²) in [7, 11) is 0. The van der Waals surface area contributed by atoms with Crippen molar-refractivity contribution in [2.75, 3.05) is 13.1 Å². The minimum absolute atomic E-state index is 0.913. The average Bonchev–Trinajstić information content (AvgIpc) is 2.88. The number of aromatic nitrogens is 4. The molecule has 2 aromatic heterocycles. The van der Waals surface area contributed by atoms with Crippen molar-refractivity contribution in [1.29, 1.82) is 0 Å². The standard InChI is InChI=1S/C12H17N5/c1-2-7-14-12(4-1)5-8-13-6-3-10-17-11-9-15-16-17/h1-2,4,7,9,11,13H,3,5-6,8,10H2. The first-order valence-corrected chi connectivity index (χ1v) is 5.90. The molecule has 0 saturated carbocycles. The molecule has 0 atom stereocenters. The molecule has 0 aliphatic carbocycles. The van der Waals surface area contributed by atoms with E-state index in [1.54, 1.807) is 6.20 Å². The van der Waals surface area contributed by atoms with E-state index in [1.165, 1.54) is 0 Å². The third-order valence-corrected chi connectivity index (χ3v) is 2.50. The Kier molecular flexibility index (Phi) is 4.66. The molecular weight excluding hydrogens is 214 g/mol. The smallest absolute Gasteiger partial charge is 0.0692 e. The molecule has 0 aromatic carbocycles. The van der Waals surface area contributed by atoms with Crippen LogP contribution >= 0.6 is 0 Å². The van der Waals surface area contributed by atoms with Crippen molar-refractivity contribution in [2.24, 2.45) is 0 Å². The number of nitrogens with zero attached hydrogens (tertiary/aromatic N) is 4. The van der Waals surface area contributed by atoms with Gasteiger partial charge >= 0.3 is 0 Å². The van der Waals surface area contributed by atoms with Crippen LogP contribution in [0.15, 0.2) is 36.8 Å². The zero-order valence-electron chi connectivity index (χ0n) is 9.79. The summed E-state index contributed by atoms with van der Waals surface area (Å²) in [5.41, 5.74) is 1.14. The number of nitrogens with one attached hydrogen (secondary N) is 1. The van der Waals surface area contributed by atoms with Crippen molar-refractivity contribution in [3.05, 3.63) is 42.5 Å². The highest BCUT2D eigenvalue weighted by Crippen LogP contribution is 1.93. The molecule has 0 amide bonds. The van der Waals surface area contributed by atoms with Gasteiger partial charge in [0.25, 0.3) is 0 Å². The van der Waals surface area contributed by atoms with E-state index in [2.05, 4.69) is 26.7 Å². The van der Waals surface area contributed by atoms with Crippen molar-refractivity contribution in [2.45, 2.75) is 19.4 Å². The molecule has 0 fully saturated rings. The number of pyridine rings is 1. The predicted molar refractivity (Wildman–Crippen MR) is 65.4 cm³/mol. The van der Waals surface area contributed by atoms with E-state index >= 15 is 0 Å². The Balaban J connectivity index is 1.52. The van der Waals surface area contributed by atoms with Crippen molar-refractivity contribution >= 4 is 0 Å². The van der Waals surface area contributed by atoms with Crippen LogP contribution in [0.3, 0.4) is 0 Å². The molecule has 2 heterocycles. The van der Waals surface area contributed by atoms with Gasteiger partial charge in [-0.3, -0.25) is 9.67 Å². The van der Waals surface area contributed by atoms with E-state index < -0.39 is 0 Å². The second-order valence-corrected chi connectivity index (χ2v) is 3.84. The van der Waals surface area contributed by atoms with Gasteiger partial charge in [0, 0.05) is 37.6 Å². The summed E-state index contributed by atoms with van der Waals surface area (Å²) in [6.07, 6.45) is 7.46. The van der Waals surface area contributed by atoms with Gasteiger partial charge in [-0.2, -0.15) is 0 Å². The zero-order valence-corrected chi connectivity index (χ0v) is 9.79. The van der Waals surface area contributed by atoms with E-state index in [0.717, 1.165) is 38.2 Å². The molecular formula is C12H17N5. The maximum Gasteiger partial charge on any atom is 0.0692 e. The van der Waals surface area contributed by atoms with E-state index in [4.69, 9.17) is 0 Å². The van der Waals surface area contributed by atoms with Crippen LogP contribution in [0.4, 0.5) is 0 Å². The van der Waals surface area contributed by atoms with Crippen LogP contribution in [0, 0.1) is 0 Å². The van der Waals surface area contributed by atoms with Crippen LogP contribution < -0.4 is 5.32 Å². The highest BCUT2D eigenvalue weighted by atomic mass is 15.4. The number of hydrogen-bond acceptors (Lipinski definition) is 4. The maximum absolute atomic E-state index is 4.27. The lowest BCUT2D eigenvalue weighted by Gasteiger charge is -2.04. The molecule has 0 spiro atoms. The first-order chi connectivity index (χ1) is 8.45. The largest absolute Gasteiger partial charge is 0.316 e. The highest BCUT2D eigenvalue weighted by molar-refractivity contribution is 5.03. The van der Waals surface area contributed by atoms with Gasteiger partial charge in [0.2, 0.25) is 0 Å². The maximum atomic E-state index is 4.27. The van der Waals surface area contributed by atoms with Gasteiger partial charge in [0.1, 0.15) is 0 Å². The van der Waals surface area contributed by atoms with E-state index in [0.29, 0.717) is 0 Å². The molecule has 0 aliphatic rings. The third kappa shape index (κ3) is 4.32. The quantitative estimate of drug-likeness (QED) is 0.719. The SMILES string of the molecule is c1ccc(CCNCCCn2ccnn2)nc1. The lowest BCUT2D eigenvalue weighted by Crippen LogP contribution is -2.20. The van der Waals surface area contributed by atoms with Crippen molar-refractivity contribution < 1.29 is 0 Å². The molecule has 2 aromatic rings. The van der Waals surface area contributed by atoms with Gasteiger partial charge in [-0.15, -0.1) is 5.10 Å². The Morgan fingerprint density at radius 2 is 2.18 bits per heavy atom. The van der Waals surface area contributed by atoms with Crippen LogP contribution in [0.1, 0.15) is 12.1 Å². The fourth-order valence-corrected chi connectivity index (χ4v) is 1.61. The summed E-state index contributed by atoms with van der Waals surface area (Å²) in [6, 6.07) is 6.01. The van der Waals surface area contributed by atoms with Crippen molar-refractivity contribution in [3.8, 4) is 0 Å². The van der Waals surface area contributed by atoms with Crippen molar-refractivity contribution in [1.82, 2.24) is 25.3 Å². The lowest BCUT2D eigenvalue weighted by molar-refractivity contribution is 0.530. The molecule has 0 saturated heterocycles. The van der Waals surface area contributed by atoms with Crippen LogP contribution in [0.25, 0.3) is 0 Å². The number of hydrogen-bond donors (Lipinski definition) is 1. The molecule has 0 radical (unpaired) electrons. The first-order valence-electron chi connectivity index (χ1n) is 5.90. The van der Waals surface area contributed by atoms with Crippen molar-refractivity contribution in [3.63, 3.8) is 0 Å². The second kappa shape index (κ2) is 6.75. The van der Waals surface area contributed by atoms with Gasteiger partial charge < -0.3 is 5.32 Å². The Morgan fingerprint density at radius 3 is 2.94 bits per heavy atom. The topological polar surface area (TPSA) is 55.6 Å². The lowest BCUT2D eigenvalue weighted by atomic mass is 10.2. The molecule has 90 valence electrons. The fraction of sp³-hybridized carbons (Fsp3) is 0.417. The van der Waals surface area contributed by atoms with Gasteiger partial charge in [-0.25, -0.2) is 0 Å². The molecule has 5 heteroatoms. The molecule has 17 heavy (non-hydrogen) atoms. The average molecular weight is 231 g/mol. The minimum Gasteiger partial charge on any atom is -0.316 e. The van der Waals surface area contributed by atoms with Gasteiger partial charge in [0.15, 0.2) is 0 Å². The van der Waals surface area contributed by atoms with Gasteiger partial charge in [0.05, 0.1) is 6.20 Å². The molecule has 0 aliphatic heterocycles. The number of aryl methyl sites for hydroxylation is 1. The summed E-state index contributed by atoms with van der Waals surface area (Å²) in [4.78, 5) is 4.27. The van der Waals surface area contributed by atoms with E-state index in [9.17, 15) is 0 Å². The van der Waals surface area contributed by atoms with Crippen LogP contribution in [0.5, 0.6) is 0 Å². The Labute approximate surface area is 101 Å². The predicted octanol–water partition coefficient (Wildman–Crippen LogP) is 0.895. The van der Waals surface area contributed by atoms with Gasteiger partial charge in [-0.05, 0) is 25.1 Å². The molecule has 2 rings (SSSR count). The van der Waals surface area contributed by atoms with Crippen LogP contribution in [0.2, 0.25) is 0 Å². The summed E-state index contributed by atoms with van der Waals surface area (Å²) < 4.78 is 1.85. The fourth-order valence-electron chi connectivity index (χ4n) is 1.61. The molecule has 1 N–H and O–H groups in total. The molecule has 5 nitrogen and oxygen atoms in total. The Bertz CT molecular complexity index is 398.